The molecule has 1 amide bonds. The van der Waals surface area contributed by atoms with Crippen LogP contribution in [-0.2, 0) is 4.79 Å². The lowest BCUT2D eigenvalue weighted by atomic mass is 10.1. The third-order valence-corrected chi connectivity index (χ3v) is 5.26. The van der Waals surface area contributed by atoms with E-state index in [0.29, 0.717) is 11.4 Å². The molecule has 11 heteroatoms. The third kappa shape index (κ3) is 3.96. The number of amides is 1. The number of hydrogen-bond donors (Lipinski definition) is 1. The van der Waals surface area contributed by atoms with Gasteiger partial charge in [-0.1, -0.05) is 11.3 Å². The molecule has 30 heavy (non-hydrogen) atoms. The van der Waals surface area contributed by atoms with Crippen molar-refractivity contribution in [3.8, 4) is 16.3 Å². The van der Waals surface area contributed by atoms with E-state index in [9.17, 15) is 14.9 Å². The molecule has 4 aromatic rings. The van der Waals surface area contributed by atoms with E-state index < -0.39 is 4.92 Å². The number of benzene rings is 2. The predicted molar refractivity (Wildman–Crippen MR) is 111 cm³/mol. The first-order valence-electron chi connectivity index (χ1n) is 8.87. The maximum absolute atomic E-state index is 12.2. The number of anilines is 1. The van der Waals surface area contributed by atoms with Gasteiger partial charge in [0, 0.05) is 23.4 Å². The van der Waals surface area contributed by atoms with Gasteiger partial charge >= 0.3 is 0 Å². The minimum atomic E-state index is -0.496. The van der Waals surface area contributed by atoms with Crippen LogP contribution in [0.2, 0.25) is 0 Å². The number of nitro benzene ring substituents is 1. The zero-order valence-electron chi connectivity index (χ0n) is 16.0. The van der Waals surface area contributed by atoms with Crippen LogP contribution in [0.15, 0.2) is 42.5 Å². The first kappa shape index (κ1) is 19.5. The lowest BCUT2D eigenvalue weighted by molar-refractivity contribution is -0.384. The summed E-state index contributed by atoms with van der Waals surface area (Å²) in [6, 6.07) is 11.2. The topological polar surface area (TPSA) is 125 Å². The van der Waals surface area contributed by atoms with Crippen LogP contribution in [-0.4, -0.2) is 37.2 Å². The fraction of sp³-hybridized carbons (Fsp3) is 0.158. The van der Waals surface area contributed by atoms with E-state index >= 15 is 0 Å². The Kier molecular flexibility index (Phi) is 5.11. The van der Waals surface area contributed by atoms with Gasteiger partial charge in [0.05, 0.1) is 4.92 Å². The minimum absolute atomic E-state index is 0.0394. The highest BCUT2D eigenvalue weighted by Crippen LogP contribution is 2.28. The Hall–Kier alpha value is -3.86. The molecule has 0 atom stereocenters. The molecule has 0 spiro atoms. The van der Waals surface area contributed by atoms with Crippen LogP contribution in [0.3, 0.4) is 0 Å². The third-order valence-electron chi connectivity index (χ3n) is 4.31. The van der Waals surface area contributed by atoms with Gasteiger partial charge in [-0.3, -0.25) is 14.9 Å². The Balaban J connectivity index is 1.40. The van der Waals surface area contributed by atoms with E-state index in [2.05, 4.69) is 20.6 Å². The molecule has 0 bridgehead atoms. The first-order chi connectivity index (χ1) is 14.4. The van der Waals surface area contributed by atoms with Crippen molar-refractivity contribution in [1.29, 1.82) is 0 Å². The highest BCUT2D eigenvalue weighted by molar-refractivity contribution is 7.19. The number of non-ortho nitro benzene ring substituents is 1. The molecule has 152 valence electrons. The Morgan fingerprint density at radius 3 is 2.63 bits per heavy atom. The lowest BCUT2D eigenvalue weighted by Gasteiger charge is -2.10. The molecular formula is C19H16N6O4S. The largest absolute Gasteiger partial charge is 0.484 e. The summed E-state index contributed by atoms with van der Waals surface area (Å²) in [4.78, 5) is 23.1. The lowest BCUT2D eigenvalue weighted by Crippen LogP contribution is -2.20. The molecule has 2 aromatic heterocycles. The summed E-state index contributed by atoms with van der Waals surface area (Å²) in [5.41, 5.74) is 2.42. The molecule has 0 fully saturated rings. The second-order valence-electron chi connectivity index (χ2n) is 6.47. The van der Waals surface area contributed by atoms with Crippen molar-refractivity contribution in [3.63, 3.8) is 0 Å². The zero-order chi connectivity index (χ0) is 21.3. The molecule has 0 aliphatic carbocycles. The summed E-state index contributed by atoms with van der Waals surface area (Å²) in [6.07, 6.45) is 0. The number of rotatable bonds is 6. The average Bonchev–Trinajstić information content (AvgIpc) is 3.30. The molecule has 0 radical (unpaired) electrons. The Morgan fingerprint density at radius 2 is 1.97 bits per heavy atom. The van der Waals surface area contributed by atoms with Gasteiger partial charge < -0.3 is 10.1 Å². The van der Waals surface area contributed by atoms with Crippen LogP contribution in [0.25, 0.3) is 15.5 Å². The molecular weight excluding hydrogens is 408 g/mol. The summed E-state index contributed by atoms with van der Waals surface area (Å²) in [5, 5.41) is 26.8. The van der Waals surface area contributed by atoms with Gasteiger partial charge in [-0.2, -0.15) is 9.61 Å². The monoisotopic (exact) mass is 424 g/mol. The quantitative estimate of drug-likeness (QED) is 0.371. The number of carbonyl (C=O) groups is 1. The van der Waals surface area contributed by atoms with Gasteiger partial charge in [-0.25, -0.2) is 0 Å². The van der Waals surface area contributed by atoms with Crippen LogP contribution in [0.5, 0.6) is 5.75 Å². The molecule has 10 nitrogen and oxygen atoms in total. The summed E-state index contributed by atoms with van der Waals surface area (Å²) in [7, 11) is 0. The van der Waals surface area contributed by atoms with Crippen molar-refractivity contribution in [1.82, 2.24) is 19.8 Å². The van der Waals surface area contributed by atoms with E-state index in [1.807, 2.05) is 32.0 Å². The van der Waals surface area contributed by atoms with Crippen LogP contribution < -0.4 is 10.1 Å². The smallest absolute Gasteiger partial charge is 0.269 e. The maximum atomic E-state index is 12.2. The highest BCUT2D eigenvalue weighted by atomic mass is 32.1. The van der Waals surface area contributed by atoms with Crippen molar-refractivity contribution in [2.75, 3.05) is 11.9 Å². The van der Waals surface area contributed by atoms with Crippen molar-refractivity contribution in [2.45, 2.75) is 13.8 Å². The standard InChI is InChI=1S/C19H16N6O4S/c1-11-9-13(18-23-24-12(2)21-22-19(24)30-18)3-8-16(11)20-17(26)10-29-15-6-4-14(5-7-15)25(27)28/h3-9H,10H2,1-2H3,(H,20,26). The number of aryl methyl sites for hydroxylation is 2. The number of nitro groups is 1. The van der Waals surface area contributed by atoms with Crippen molar-refractivity contribution in [3.05, 3.63) is 64.0 Å². The van der Waals surface area contributed by atoms with Crippen LogP contribution in [0, 0.1) is 24.0 Å². The molecule has 0 saturated heterocycles. The Morgan fingerprint density at radius 1 is 1.20 bits per heavy atom. The van der Waals surface area contributed by atoms with Gasteiger partial charge in [0.2, 0.25) is 4.96 Å². The second-order valence-corrected chi connectivity index (χ2v) is 7.42. The van der Waals surface area contributed by atoms with Crippen LogP contribution in [0.1, 0.15) is 11.4 Å². The summed E-state index contributed by atoms with van der Waals surface area (Å²) < 4.78 is 7.08. The number of carbonyl (C=O) groups excluding carboxylic acids is 1. The highest BCUT2D eigenvalue weighted by Gasteiger charge is 2.13. The summed E-state index contributed by atoms with van der Waals surface area (Å²) >= 11 is 1.44. The molecule has 4 rings (SSSR count). The number of nitrogens with zero attached hydrogens (tertiary/aromatic N) is 5. The molecule has 2 heterocycles. The molecule has 0 aliphatic heterocycles. The number of ether oxygens (including phenoxy) is 1. The Bertz CT molecular complexity index is 1250. The second kappa shape index (κ2) is 7.87. The predicted octanol–water partition coefficient (Wildman–Crippen LogP) is 3.40. The summed E-state index contributed by atoms with van der Waals surface area (Å²) in [5.74, 6) is 0.765. The minimum Gasteiger partial charge on any atom is -0.484 e. The maximum Gasteiger partial charge on any atom is 0.269 e. The SMILES string of the molecule is Cc1cc(-c2nn3c(C)nnc3s2)ccc1NC(=O)COc1ccc([N+](=O)[O-])cc1. The van der Waals surface area contributed by atoms with E-state index in [1.165, 1.54) is 35.6 Å². The molecule has 0 aliphatic rings. The number of hydrogen-bond acceptors (Lipinski definition) is 8. The van der Waals surface area contributed by atoms with Gasteiger partial charge in [0.25, 0.3) is 11.6 Å². The van der Waals surface area contributed by atoms with E-state index in [1.54, 1.807) is 4.52 Å². The van der Waals surface area contributed by atoms with Crippen molar-refractivity contribution >= 4 is 33.6 Å². The van der Waals surface area contributed by atoms with E-state index in [-0.39, 0.29) is 18.2 Å². The Labute approximate surface area is 174 Å². The number of aromatic nitrogens is 4. The van der Waals surface area contributed by atoms with Gasteiger partial charge in [-0.15, -0.1) is 10.2 Å². The fourth-order valence-electron chi connectivity index (χ4n) is 2.77. The van der Waals surface area contributed by atoms with Crippen LogP contribution in [0.4, 0.5) is 11.4 Å². The molecule has 2 aromatic carbocycles. The molecule has 0 unspecified atom stereocenters. The van der Waals surface area contributed by atoms with Gasteiger partial charge in [0.1, 0.15) is 10.8 Å². The van der Waals surface area contributed by atoms with Crippen LogP contribution >= 0.6 is 11.3 Å². The number of fused-ring (bicyclic) bond motifs is 1. The average molecular weight is 424 g/mol. The molecule has 0 saturated carbocycles. The fourth-order valence-corrected chi connectivity index (χ4v) is 3.65. The van der Waals surface area contributed by atoms with E-state index in [0.717, 1.165) is 26.9 Å². The zero-order valence-corrected chi connectivity index (χ0v) is 16.8. The van der Waals surface area contributed by atoms with Crippen molar-refractivity contribution < 1.29 is 14.5 Å². The van der Waals surface area contributed by atoms with Gasteiger partial charge in [-0.05, 0) is 49.7 Å². The van der Waals surface area contributed by atoms with E-state index in [4.69, 9.17) is 4.74 Å². The molecule has 1 N–H and O–H groups in total. The normalized spacial score (nSPS) is 10.9. The number of nitrogens with one attached hydrogen (secondary N) is 1. The van der Waals surface area contributed by atoms with Crippen molar-refractivity contribution in [2.24, 2.45) is 0 Å². The first-order valence-corrected chi connectivity index (χ1v) is 9.69. The summed E-state index contributed by atoms with van der Waals surface area (Å²) in [6.45, 7) is 3.52. The van der Waals surface area contributed by atoms with Gasteiger partial charge in [0.15, 0.2) is 12.4 Å².